The summed E-state index contributed by atoms with van der Waals surface area (Å²) in [5, 5.41) is 4.95. The topological polar surface area (TPSA) is 85.4 Å². The molecular formula is C19H22N2O4S. The normalized spacial score (nSPS) is 11.7. The Morgan fingerprint density at radius 3 is 2.50 bits per heavy atom. The SMILES string of the molecule is CCc1ccc(-c2csc(NC(=O)C(C)OC(=O)CCC(C)=O)n2)cc1. The van der Waals surface area contributed by atoms with E-state index in [0.717, 1.165) is 17.7 Å². The van der Waals surface area contributed by atoms with Crippen LogP contribution >= 0.6 is 11.3 Å². The molecule has 0 saturated carbocycles. The van der Waals surface area contributed by atoms with Gasteiger partial charge in [-0.3, -0.25) is 14.9 Å². The number of nitrogens with one attached hydrogen (secondary N) is 1. The molecule has 1 N–H and O–H groups in total. The highest BCUT2D eigenvalue weighted by molar-refractivity contribution is 7.14. The second kappa shape index (κ2) is 9.24. The van der Waals surface area contributed by atoms with Crippen LogP contribution in [0, 0.1) is 0 Å². The summed E-state index contributed by atoms with van der Waals surface area (Å²) in [5.74, 6) is -1.12. The number of aromatic nitrogens is 1. The largest absolute Gasteiger partial charge is 0.453 e. The number of carbonyl (C=O) groups is 3. The molecule has 1 amide bonds. The number of nitrogens with zero attached hydrogens (tertiary/aromatic N) is 1. The number of ether oxygens (including phenoxy) is 1. The third-order valence-corrected chi connectivity index (χ3v) is 4.51. The summed E-state index contributed by atoms with van der Waals surface area (Å²) < 4.78 is 5.03. The molecule has 1 atom stereocenters. The fraction of sp³-hybridized carbons (Fsp3) is 0.368. The number of rotatable bonds is 8. The summed E-state index contributed by atoms with van der Waals surface area (Å²) in [6.45, 7) is 4.98. The molecule has 0 aliphatic carbocycles. The first-order valence-electron chi connectivity index (χ1n) is 8.43. The molecule has 138 valence electrons. The van der Waals surface area contributed by atoms with Crippen LogP contribution in [0.25, 0.3) is 11.3 Å². The zero-order chi connectivity index (χ0) is 19.1. The van der Waals surface area contributed by atoms with Gasteiger partial charge in [0.15, 0.2) is 11.2 Å². The molecule has 0 radical (unpaired) electrons. The molecule has 6 nitrogen and oxygen atoms in total. The van der Waals surface area contributed by atoms with Gasteiger partial charge in [0.25, 0.3) is 5.91 Å². The first kappa shape index (κ1) is 19.8. The van der Waals surface area contributed by atoms with Crippen molar-refractivity contribution < 1.29 is 19.1 Å². The van der Waals surface area contributed by atoms with Crippen LogP contribution in [0.3, 0.4) is 0 Å². The Labute approximate surface area is 156 Å². The minimum absolute atomic E-state index is 0.0257. The van der Waals surface area contributed by atoms with Crippen molar-refractivity contribution in [1.29, 1.82) is 0 Å². The van der Waals surface area contributed by atoms with Crippen LogP contribution in [0.4, 0.5) is 5.13 Å². The number of hydrogen-bond acceptors (Lipinski definition) is 6. The van der Waals surface area contributed by atoms with Crippen molar-refractivity contribution in [1.82, 2.24) is 4.98 Å². The minimum atomic E-state index is -0.953. The van der Waals surface area contributed by atoms with Crippen molar-refractivity contribution in [2.75, 3.05) is 5.32 Å². The van der Waals surface area contributed by atoms with E-state index in [-0.39, 0.29) is 18.6 Å². The highest BCUT2D eigenvalue weighted by Gasteiger charge is 2.19. The molecule has 0 aliphatic rings. The maximum absolute atomic E-state index is 12.1. The van der Waals surface area contributed by atoms with Gasteiger partial charge in [-0.05, 0) is 25.8 Å². The highest BCUT2D eigenvalue weighted by Crippen LogP contribution is 2.25. The third-order valence-electron chi connectivity index (χ3n) is 3.75. The van der Waals surface area contributed by atoms with E-state index in [2.05, 4.69) is 29.4 Å². The molecule has 1 unspecified atom stereocenters. The lowest BCUT2D eigenvalue weighted by atomic mass is 10.1. The van der Waals surface area contributed by atoms with Crippen LogP contribution < -0.4 is 5.32 Å². The zero-order valence-electron chi connectivity index (χ0n) is 15.1. The minimum Gasteiger partial charge on any atom is -0.453 e. The molecule has 0 spiro atoms. The summed E-state index contributed by atoms with van der Waals surface area (Å²) in [5.41, 5.74) is 3.00. The Morgan fingerprint density at radius 1 is 1.19 bits per heavy atom. The average Bonchev–Trinajstić information content (AvgIpc) is 3.08. The van der Waals surface area contributed by atoms with Crippen LogP contribution in [0.15, 0.2) is 29.6 Å². The van der Waals surface area contributed by atoms with Crippen LogP contribution in [-0.4, -0.2) is 28.7 Å². The Bertz CT molecular complexity index is 783. The van der Waals surface area contributed by atoms with Crippen molar-refractivity contribution in [3.63, 3.8) is 0 Å². The number of hydrogen-bond donors (Lipinski definition) is 1. The monoisotopic (exact) mass is 374 g/mol. The zero-order valence-corrected chi connectivity index (χ0v) is 15.9. The van der Waals surface area contributed by atoms with E-state index in [1.807, 2.05) is 17.5 Å². The number of carbonyl (C=O) groups excluding carboxylic acids is 3. The van der Waals surface area contributed by atoms with Crippen LogP contribution in [-0.2, 0) is 25.5 Å². The fourth-order valence-corrected chi connectivity index (χ4v) is 2.89. The summed E-state index contributed by atoms with van der Waals surface area (Å²) in [6.07, 6.45) is 0.106. The number of ketones is 1. The second-order valence-corrected chi connectivity index (χ2v) is 6.77. The van der Waals surface area contributed by atoms with E-state index < -0.39 is 18.0 Å². The number of thiazole rings is 1. The average molecular weight is 374 g/mol. The predicted octanol–water partition coefficient (Wildman–Crippen LogP) is 3.61. The number of benzene rings is 1. The third kappa shape index (κ3) is 5.77. The van der Waals surface area contributed by atoms with Gasteiger partial charge in [-0.15, -0.1) is 11.3 Å². The van der Waals surface area contributed by atoms with Gasteiger partial charge in [-0.25, -0.2) is 4.98 Å². The molecule has 0 saturated heterocycles. The molecule has 1 heterocycles. The van der Waals surface area contributed by atoms with Crippen molar-refractivity contribution >= 4 is 34.1 Å². The number of amides is 1. The number of anilines is 1. The summed E-state index contributed by atoms with van der Waals surface area (Å²) in [7, 11) is 0. The van der Waals surface area contributed by atoms with Crippen LogP contribution in [0.1, 0.15) is 39.2 Å². The van der Waals surface area contributed by atoms with E-state index in [1.165, 1.54) is 30.7 Å². The molecule has 0 bridgehead atoms. The maximum Gasteiger partial charge on any atom is 0.307 e. The lowest BCUT2D eigenvalue weighted by molar-refractivity contribution is -0.153. The lowest BCUT2D eigenvalue weighted by Crippen LogP contribution is -2.30. The van der Waals surface area contributed by atoms with Gasteiger partial charge in [0.1, 0.15) is 5.78 Å². The highest BCUT2D eigenvalue weighted by atomic mass is 32.1. The Balaban J connectivity index is 1.91. The van der Waals surface area contributed by atoms with E-state index >= 15 is 0 Å². The molecule has 0 aliphatic heterocycles. The molecule has 0 fully saturated rings. The molecular weight excluding hydrogens is 352 g/mol. The standard InChI is InChI=1S/C19H22N2O4S/c1-4-14-6-8-15(9-7-14)16-11-26-19(20-16)21-18(24)13(3)25-17(23)10-5-12(2)22/h6-9,11,13H,4-5,10H2,1-3H3,(H,20,21,24). The summed E-state index contributed by atoms with van der Waals surface area (Å²) in [4.78, 5) is 39.0. The smallest absolute Gasteiger partial charge is 0.307 e. The second-order valence-electron chi connectivity index (χ2n) is 5.91. The van der Waals surface area contributed by atoms with Gasteiger partial charge in [-0.2, -0.15) is 0 Å². The Kier molecular flexibility index (Phi) is 7.03. The summed E-state index contributed by atoms with van der Waals surface area (Å²) >= 11 is 1.30. The van der Waals surface area contributed by atoms with Crippen LogP contribution in [0.2, 0.25) is 0 Å². The number of esters is 1. The quantitative estimate of drug-likeness (QED) is 0.714. The van der Waals surface area contributed by atoms with Crippen molar-refractivity contribution in [3.8, 4) is 11.3 Å². The van der Waals surface area contributed by atoms with E-state index in [9.17, 15) is 14.4 Å². The molecule has 2 rings (SSSR count). The molecule has 26 heavy (non-hydrogen) atoms. The molecule has 7 heteroatoms. The maximum atomic E-state index is 12.1. The summed E-state index contributed by atoms with van der Waals surface area (Å²) in [6, 6.07) is 8.10. The van der Waals surface area contributed by atoms with Gasteiger partial charge >= 0.3 is 5.97 Å². The fourth-order valence-electron chi connectivity index (χ4n) is 2.17. The van der Waals surface area contributed by atoms with Gasteiger partial charge in [-0.1, -0.05) is 31.2 Å². The van der Waals surface area contributed by atoms with Crippen molar-refractivity contribution in [3.05, 3.63) is 35.2 Å². The van der Waals surface area contributed by atoms with Crippen molar-refractivity contribution in [2.24, 2.45) is 0 Å². The molecule has 1 aromatic carbocycles. The lowest BCUT2D eigenvalue weighted by Gasteiger charge is -2.11. The van der Waals surface area contributed by atoms with E-state index in [0.29, 0.717) is 5.13 Å². The first-order valence-corrected chi connectivity index (χ1v) is 9.31. The van der Waals surface area contributed by atoms with Gasteiger partial charge < -0.3 is 9.53 Å². The molecule has 2 aromatic rings. The predicted molar refractivity (Wildman–Crippen MR) is 101 cm³/mol. The first-order chi connectivity index (χ1) is 12.4. The Hall–Kier alpha value is -2.54. The van der Waals surface area contributed by atoms with E-state index in [1.54, 1.807) is 0 Å². The van der Waals surface area contributed by atoms with Crippen molar-refractivity contribution in [2.45, 2.75) is 46.1 Å². The number of Topliss-reactive ketones (excluding diaryl/α,β-unsaturated/α-hetero) is 1. The number of aryl methyl sites for hydroxylation is 1. The van der Waals surface area contributed by atoms with E-state index in [4.69, 9.17) is 4.74 Å². The van der Waals surface area contributed by atoms with Crippen LogP contribution in [0.5, 0.6) is 0 Å². The van der Waals surface area contributed by atoms with Gasteiger partial charge in [0.05, 0.1) is 12.1 Å². The van der Waals surface area contributed by atoms with Gasteiger partial charge in [0, 0.05) is 17.4 Å². The van der Waals surface area contributed by atoms with Gasteiger partial charge in [0.2, 0.25) is 0 Å². The molecule has 1 aromatic heterocycles. The Morgan fingerprint density at radius 2 is 1.88 bits per heavy atom.